The zero-order valence-electron chi connectivity index (χ0n) is 13.6. The summed E-state index contributed by atoms with van der Waals surface area (Å²) in [5.41, 5.74) is 6.81. The molecule has 0 aliphatic carbocycles. The summed E-state index contributed by atoms with van der Waals surface area (Å²) in [4.78, 5) is 2.40. The summed E-state index contributed by atoms with van der Waals surface area (Å²) in [7, 11) is 0. The van der Waals surface area contributed by atoms with Crippen LogP contribution in [0.1, 0.15) is 12.0 Å². The van der Waals surface area contributed by atoms with Gasteiger partial charge in [-0.3, -0.25) is 4.90 Å². The molecule has 0 amide bonds. The van der Waals surface area contributed by atoms with Gasteiger partial charge in [0.25, 0.3) is 0 Å². The van der Waals surface area contributed by atoms with Crippen LogP contribution in [0.15, 0.2) is 24.3 Å². The number of nitrogens with two attached hydrogens (primary N) is 1. The number of nitrogens with one attached hydrogen (secondary N) is 1. The van der Waals surface area contributed by atoms with Crippen molar-refractivity contribution in [2.75, 3.05) is 50.5 Å². The Labute approximate surface area is 145 Å². The van der Waals surface area contributed by atoms with E-state index in [-0.39, 0.29) is 0 Å². The average Bonchev–Trinajstić information content (AvgIpc) is 3.01. The highest BCUT2D eigenvalue weighted by atomic mass is 32.1. The first-order valence-electron chi connectivity index (χ1n) is 8.14. The van der Waals surface area contributed by atoms with E-state index in [9.17, 15) is 0 Å². The number of morpholine rings is 1. The lowest BCUT2D eigenvalue weighted by atomic mass is 10.2. The lowest BCUT2D eigenvalue weighted by molar-refractivity contribution is 0.0341. The number of rotatable bonds is 8. The molecule has 24 heavy (non-hydrogen) atoms. The van der Waals surface area contributed by atoms with Crippen LogP contribution >= 0.6 is 11.3 Å². The van der Waals surface area contributed by atoms with Gasteiger partial charge in [-0.2, -0.15) is 0 Å². The number of hydrogen-bond acceptors (Lipinski definition) is 8. The molecule has 0 bridgehead atoms. The zero-order chi connectivity index (χ0) is 16.6. The van der Waals surface area contributed by atoms with E-state index in [0.717, 1.165) is 56.7 Å². The molecule has 7 nitrogen and oxygen atoms in total. The number of benzene rings is 1. The van der Waals surface area contributed by atoms with Gasteiger partial charge in [-0.15, -0.1) is 10.2 Å². The molecule has 1 aromatic carbocycles. The summed E-state index contributed by atoms with van der Waals surface area (Å²) in [6.45, 7) is 6.01. The van der Waals surface area contributed by atoms with Crippen molar-refractivity contribution in [3.05, 3.63) is 29.8 Å². The minimum absolute atomic E-state index is 0.478. The summed E-state index contributed by atoms with van der Waals surface area (Å²) in [5, 5.41) is 12.1. The van der Waals surface area contributed by atoms with Crippen molar-refractivity contribution in [2.24, 2.45) is 0 Å². The molecule has 3 N–H and O–H groups in total. The molecule has 2 heterocycles. The van der Waals surface area contributed by atoms with Gasteiger partial charge in [0.15, 0.2) is 0 Å². The highest BCUT2D eigenvalue weighted by molar-refractivity contribution is 7.18. The third-order valence-corrected chi connectivity index (χ3v) is 4.43. The highest BCUT2D eigenvalue weighted by Gasteiger charge is 2.10. The fourth-order valence-electron chi connectivity index (χ4n) is 2.51. The zero-order valence-corrected chi connectivity index (χ0v) is 14.4. The van der Waals surface area contributed by atoms with E-state index in [1.807, 2.05) is 12.1 Å². The molecule has 1 aromatic heterocycles. The third kappa shape index (κ3) is 5.33. The molecule has 2 aromatic rings. The van der Waals surface area contributed by atoms with Crippen LogP contribution in [-0.4, -0.2) is 54.6 Å². The molecule has 0 unspecified atom stereocenters. The van der Waals surface area contributed by atoms with E-state index in [2.05, 4.69) is 32.5 Å². The molecule has 130 valence electrons. The predicted molar refractivity (Wildman–Crippen MR) is 95.5 cm³/mol. The Hall–Kier alpha value is -1.90. The Bertz CT molecular complexity index is 630. The van der Waals surface area contributed by atoms with E-state index in [4.69, 9.17) is 15.2 Å². The fourth-order valence-corrected chi connectivity index (χ4v) is 3.05. The van der Waals surface area contributed by atoms with Gasteiger partial charge in [-0.25, -0.2) is 0 Å². The summed E-state index contributed by atoms with van der Waals surface area (Å²) in [6, 6.07) is 8.31. The number of nitrogens with zero attached hydrogens (tertiary/aromatic N) is 3. The maximum atomic E-state index is 5.84. The van der Waals surface area contributed by atoms with E-state index in [0.29, 0.717) is 11.7 Å². The second kappa shape index (κ2) is 8.81. The fraction of sp³-hybridized carbons (Fsp3) is 0.500. The van der Waals surface area contributed by atoms with Crippen LogP contribution in [0.3, 0.4) is 0 Å². The molecular weight excluding hydrogens is 326 g/mol. The lowest BCUT2D eigenvalue weighted by Gasteiger charge is -2.26. The van der Waals surface area contributed by atoms with Crippen LogP contribution in [0, 0.1) is 0 Å². The topological polar surface area (TPSA) is 85.5 Å². The van der Waals surface area contributed by atoms with E-state index >= 15 is 0 Å². The van der Waals surface area contributed by atoms with E-state index in [1.165, 1.54) is 16.9 Å². The van der Waals surface area contributed by atoms with Gasteiger partial charge < -0.3 is 20.5 Å². The third-order valence-electron chi connectivity index (χ3n) is 3.72. The first-order valence-corrected chi connectivity index (χ1v) is 8.96. The monoisotopic (exact) mass is 349 g/mol. The van der Waals surface area contributed by atoms with Crippen LogP contribution in [0.2, 0.25) is 0 Å². The molecule has 0 spiro atoms. The molecule has 1 aliphatic rings. The van der Waals surface area contributed by atoms with Gasteiger partial charge in [0, 0.05) is 26.2 Å². The van der Waals surface area contributed by atoms with Gasteiger partial charge >= 0.3 is 0 Å². The first kappa shape index (κ1) is 16.9. The largest absolute Gasteiger partial charge is 0.494 e. The summed E-state index contributed by atoms with van der Waals surface area (Å²) in [6.07, 6.45) is 0.882. The van der Waals surface area contributed by atoms with E-state index in [1.54, 1.807) is 0 Å². The van der Waals surface area contributed by atoms with Crippen molar-refractivity contribution in [3.63, 3.8) is 0 Å². The van der Waals surface area contributed by atoms with Crippen LogP contribution in [0.4, 0.5) is 10.3 Å². The Morgan fingerprint density at radius 3 is 2.96 bits per heavy atom. The smallest absolute Gasteiger partial charge is 0.207 e. The minimum atomic E-state index is 0.478. The Balaban J connectivity index is 1.38. The Morgan fingerprint density at radius 1 is 1.29 bits per heavy atom. The number of ether oxygens (including phenoxy) is 2. The normalized spacial score (nSPS) is 15.3. The molecule has 3 rings (SSSR count). The summed E-state index contributed by atoms with van der Waals surface area (Å²) in [5.74, 6) is 0.918. The molecule has 8 heteroatoms. The van der Waals surface area contributed by atoms with Crippen LogP contribution in [-0.2, 0) is 11.3 Å². The van der Waals surface area contributed by atoms with Crippen molar-refractivity contribution in [1.82, 2.24) is 15.1 Å². The molecule has 1 aliphatic heterocycles. The molecular formula is C16H23N5O2S. The van der Waals surface area contributed by atoms with E-state index < -0.39 is 0 Å². The maximum Gasteiger partial charge on any atom is 0.207 e. The first-order chi connectivity index (χ1) is 11.8. The standard InChI is InChI=1S/C16H23N5O2S/c17-15-19-20-16(24-15)18-5-2-8-23-14-4-1-3-13(11-14)12-21-6-9-22-10-7-21/h1,3-4,11H,2,5-10,12H2,(H2,17,19)(H,18,20). The molecule has 0 atom stereocenters. The Kier molecular flexibility index (Phi) is 6.22. The summed E-state index contributed by atoms with van der Waals surface area (Å²) >= 11 is 1.35. The van der Waals surface area contributed by atoms with Crippen LogP contribution < -0.4 is 15.8 Å². The van der Waals surface area contributed by atoms with Gasteiger partial charge in [-0.1, -0.05) is 23.5 Å². The van der Waals surface area contributed by atoms with Crippen molar-refractivity contribution in [3.8, 4) is 5.75 Å². The number of nitrogen functional groups attached to an aromatic ring is 1. The van der Waals surface area contributed by atoms with Gasteiger partial charge in [0.2, 0.25) is 10.3 Å². The lowest BCUT2D eigenvalue weighted by Crippen LogP contribution is -2.35. The van der Waals surface area contributed by atoms with Crippen molar-refractivity contribution in [1.29, 1.82) is 0 Å². The predicted octanol–water partition coefficient (Wildman–Crippen LogP) is 1.83. The molecule has 0 saturated carbocycles. The summed E-state index contributed by atoms with van der Waals surface area (Å²) < 4.78 is 11.2. The van der Waals surface area contributed by atoms with Crippen LogP contribution in [0.5, 0.6) is 5.75 Å². The van der Waals surface area contributed by atoms with Crippen molar-refractivity contribution >= 4 is 21.6 Å². The Morgan fingerprint density at radius 2 is 2.17 bits per heavy atom. The molecule has 1 fully saturated rings. The van der Waals surface area contributed by atoms with Crippen molar-refractivity contribution < 1.29 is 9.47 Å². The number of hydrogen-bond donors (Lipinski definition) is 2. The maximum absolute atomic E-state index is 5.84. The number of aromatic nitrogens is 2. The number of anilines is 2. The van der Waals surface area contributed by atoms with Crippen LogP contribution in [0.25, 0.3) is 0 Å². The van der Waals surface area contributed by atoms with Crippen molar-refractivity contribution in [2.45, 2.75) is 13.0 Å². The van der Waals surface area contributed by atoms with Gasteiger partial charge in [0.1, 0.15) is 5.75 Å². The molecule has 0 radical (unpaired) electrons. The average molecular weight is 349 g/mol. The second-order valence-corrected chi connectivity index (χ2v) is 6.62. The minimum Gasteiger partial charge on any atom is -0.494 e. The quantitative estimate of drug-likeness (QED) is 0.703. The van der Waals surface area contributed by atoms with Gasteiger partial charge in [0.05, 0.1) is 19.8 Å². The molecule has 1 saturated heterocycles. The highest BCUT2D eigenvalue weighted by Crippen LogP contribution is 2.17. The van der Waals surface area contributed by atoms with Gasteiger partial charge in [-0.05, 0) is 24.1 Å². The second-order valence-electron chi connectivity index (χ2n) is 5.61. The SMILES string of the molecule is Nc1nnc(NCCCOc2cccc(CN3CCOCC3)c2)s1.